The van der Waals surface area contributed by atoms with Gasteiger partial charge in [-0.25, -0.2) is 5.06 Å². The largest absolute Gasteiger partial charge is 0.335 e. The number of hydroxylamine groups is 2. The molecule has 6 heteroatoms. The maximum atomic E-state index is 11.2. The monoisotopic (exact) mass is 199 g/mol. The highest BCUT2D eigenvalue weighted by Crippen LogP contribution is 2.18. The fraction of sp³-hybridized carbons (Fsp3) is 0.625. The molecule has 0 aromatic carbocycles. The van der Waals surface area contributed by atoms with Gasteiger partial charge in [-0.2, -0.15) is 4.98 Å². The van der Waals surface area contributed by atoms with Crippen molar-refractivity contribution in [2.75, 3.05) is 7.05 Å². The van der Waals surface area contributed by atoms with Crippen molar-refractivity contribution >= 4 is 5.91 Å². The second-order valence-corrected chi connectivity index (χ2v) is 4.00. The SMILES string of the molecule is CN(O)C(=O)c1nc(C(C)(C)C)no1. The summed E-state index contributed by atoms with van der Waals surface area (Å²) in [7, 11) is 1.20. The van der Waals surface area contributed by atoms with E-state index in [1.54, 1.807) is 0 Å². The number of carbonyl (C=O) groups is 1. The normalized spacial score (nSPS) is 11.5. The molecule has 14 heavy (non-hydrogen) atoms. The number of carbonyl (C=O) groups excluding carboxylic acids is 1. The van der Waals surface area contributed by atoms with Gasteiger partial charge in [0, 0.05) is 12.5 Å². The summed E-state index contributed by atoms with van der Waals surface area (Å²) in [5, 5.41) is 12.9. The Morgan fingerprint density at radius 3 is 2.43 bits per heavy atom. The van der Waals surface area contributed by atoms with E-state index in [4.69, 9.17) is 9.73 Å². The van der Waals surface area contributed by atoms with Crippen molar-refractivity contribution in [3.63, 3.8) is 0 Å². The zero-order chi connectivity index (χ0) is 10.9. The zero-order valence-electron chi connectivity index (χ0n) is 8.61. The van der Waals surface area contributed by atoms with Crippen LogP contribution < -0.4 is 0 Å². The van der Waals surface area contributed by atoms with Crippen molar-refractivity contribution in [3.8, 4) is 0 Å². The average molecular weight is 199 g/mol. The van der Waals surface area contributed by atoms with E-state index in [1.807, 2.05) is 20.8 Å². The van der Waals surface area contributed by atoms with Gasteiger partial charge in [0.05, 0.1) is 0 Å². The molecule has 0 unspecified atom stereocenters. The predicted molar refractivity (Wildman–Crippen MR) is 46.9 cm³/mol. The summed E-state index contributed by atoms with van der Waals surface area (Å²) in [5.41, 5.74) is -0.282. The summed E-state index contributed by atoms with van der Waals surface area (Å²) >= 11 is 0. The minimum absolute atomic E-state index is 0.208. The Kier molecular flexibility index (Phi) is 2.57. The van der Waals surface area contributed by atoms with Gasteiger partial charge in [-0.15, -0.1) is 0 Å². The standard InChI is InChI=1S/C8H13N3O3/c1-8(2,3)7-9-5(14-10-7)6(12)11(4)13/h13H,1-4H3. The molecular weight excluding hydrogens is 186 g/mol. The second kappa shape index (κ2) is 3.38. The smallest absolute Gasteiger partial charge is 0.328 e. The van der Waals surface area contributed by atoms with Crippen LogP contribution in [-0.2, 0) is 5.41 Å². The van der Waals surface area contributed by atoms with Crippen LogP contribution in [0.15, 0.2) is 4.52 Å². The Hall–Kier alpha value is -1.43. The number of amides is 1. The molecule has 0 aliphatic carbocycles. The van der Waals surface area contributed by atoms with Gasteiger partial charge >= 0.3 is 11.8 Å². The fourth-order valence-corrected chi connectivity index (χ4v) is 0.753. The third-order valence-corrected chi connectivity index (χ3v) is 1.57. The Morgan fingerprint density at radius 1 is 1.50 bits per heavy atom. The lowest BCUT2D eigenvalue weighted by molar-refractivity contribution is -0.0407. The van der Waals surface area contributed by atoms with E-state index < -0.39 is 5.91 Å². The van der Waals surface area contributed by atoms with Crippen LogP contribution in [0.5, 0.6) is 0 Å². The van der Waals surface area contributed by atoms with E-state index >= 15 is 0 Å². The van der Waals surface area contributed by atoms with Crippen LogP contribution in [0.2, 0.25) is 0 Å². The highest BCUT2D eigenvalue weighted by molar-refractivity contribution is 5.88. The van der Waals surface area contributed by atoms with Gasteiger partial charge in [-0.1, -0.05) is 25.9 Å². The Balaban J connectivity index is 2.95. The lowest BCUT2D eigenvalue weighted by Crippen LogP contribution is -2.23. The molecule has 0 radical (unpaired) electrons. The first-order chi connectivity index (χ1) is 6.32. The molecule has 0 saturated carbocycles. The van der Waals surface area contributed by atoms with E-state index in [9.17, 15) is 4.79 Å². The molecule has 0 aliphatic rings. The maximum absolute atomic E-state index is 11.2. The first kappa shape index (κ1) is 10.6. The molecule has 1 heterocycles. The summed E-state index contributed by atoms with van der Waals surface area (Å²) in [6.45, 7) is 5.69. The van der Waals surface area contributed by atoms with Gasteiger partial charge < -0.3 is 4.52 Å². The Bertz CT molecular complexity index is 338. The van der Waals surface area contributed by atoms with Crippen molar-refractivity contribution < 1.29 is 14.5 Å². The molecular formula is C8H13N3O3. The first-order valence-electron chi connectivity index (χ1n) is 4.13. The lowest BCUT2D eigenvalue weighted by atomic mass is 9.96. The molecule has 6 nitrogen and oxygen atoms in total. The van der Waals surface area contributed by atoms with Crippen LogP contribution in [0.25, 0.3) is 0 Å². The highest BCUT2D eigenvalue weighted by Gasteiger charge is 2.24. The van der Waals surface area contributed by atoms with Crippen LogP contribution in [0.4, 0.5) is 0 Å². The van der Waals surface area contributed by atoms with Crippen LogP contribution in [0.3, 0.4) is 0 Å². The highest BCUT2D eigenvalue weighted by atomic mass is 16.5. The van der Waals surface area contributed by atoms with Crippen LogP contribution in [0, 0.1) is 0 Å². The summed E-state index contributed by atoms with van der Waals surface area (Å²) in [6, 6.07) is 0. The van der Waals surface area contributed by atoms with E-state index in [1.165, 1.54) is 7.05 Å². The molecule has 1 aromatic rings. The molecule has 1 N–H and O–H groups in total. The number of hydrogen-bond donors (Lipinski definition) is 1. The number of aromatic nitrogens is 2. The van der Waals surface area contributed by atoms with Crippen molar-refractivity contribution in [2.24, 2.45) is 0 Å². The predicted octanol–water partition coefficient (Wildman–Crippen LogP) is 0.828. The molecule has 78 valence electrons. The quantitative estimate of drug-likeness (QED) is 0.535. The molecule has 0 aliphatic heterocycles. The minimum Gasteiger partial charge on any atom is -0.328 e. The zero-order valence-corrected chi connectivity index (χ0v) is 8.61. The van der Waals surface area contributed by atoms with Crippen LogP contribution >= 0.6 is 0 Å². The van der Waals surface area contributed by atoms with E-state index in [2.05, 4.69) is 10.1 Å². The fourth-order valence-electron chi connectivity index (χ4n) is 0.753. The molecule has 0 fully saturated rings. The van der Waals surface area contributed by atoms with Gasteiger partial charge in [0.2, 0.25) is 0 Å². The van der Waals surface area contributed by atoms with E-state index in [-0.39, 0.29) is 11.3 Å². The average Bonchev–Trinajstić information content (AvgIpc) is 2.49. The molecule has 1 aromatic heterocycles. The number of rotatable bonds is 1. The van der Waals surface area contributed by atoms with Crippen LogP contribution in [-0.4, -0.2) is 33.4 Å². The summed E-state index contributed by atoms with van der Waals surface area (Å²) < 4.78 is 4.70. The molecule has 1 amide bonds. The molecule has 0 spiro atoms. The van der Waals surface area contributed by atoms with E-state index in [0.29, 0.717) is 10.9 Å². The van der Waals surface area contributed by atoms with Gasteiger partial charge in [0.25, 0.3) is 0 Å². The van der Waals surface area contributed by atoms with Crippen molar-refractivity contribution in [1.82, 2.24) is 15.2 Å². The molecule has 0 bridgehead atoms. The summed E-state index contributed by atoms with van der Waals surface area (Å²) in [5.74, 6) is -0.490. The Labute approximate surface area is 81.5 Å². The van der Waals surface area contributed by atoms with Gasteiger partial charge in [0.15, 0.2) is 5.82 Å². The first-order valence-corrected chi connectivity index (χ1v) is 4.13. The molecule has 0 atom stereocenters. The van der Waals surface area contributed by atoms with Crippen molar-refractivity contribution in [1.29, 1.82) is 0 Å². The van der Waals surface area contributed by atoms with Crippen molar-refractivity contribution in [2.45, 2.75) is 26.2 Å². The molecule has 1 rings (SSSR count). The third kappa shape index (κ3) is 2.08. The third-order valence-electron chi connectivity index (χ3n) is 1.57. The van der Waals surface area contributed by atoms with Crippen LogP contribution in [0.1, 0.15) is 37.3 Å². The minimum atomic E-state index is -0.715. The van der Waals surface area contributed by atoms with E-state index in [0.717, 1.165) is 0 Å². The van der Waals surface area contributed by atoms with Gasteiger partial charge in [-0.05, 0) is 0 Å². The van der Waals surface area contributed by atoms with Crippen molar-refractivity contribution in [3.05, 3.63) is 11.7 Å². The number of nitrogens with zero attached hydrogens (tertiary/aromatic N) is 3. The number of hydrogen-bond acceptors (Lipinski definition) is 5. The summed E-state index contributed by atoms with van der Waals surface area (Å²) in [4.78, 5) is 15.0. The topological polar surface area (TPSA) is 79.5 Å². The maximum Gasteiger partial charge on any atom is 0.335 e. The van der Waals surface area contributed by atoms with Gasteiger partial charge in [0.1, 0.15) is 0 Å². The Morgan fingerprint density at radius 2 is 2.07 bits per heavy atom. The molecule has 0 saturated heterocycles. The lowest BCUT2D eigenvalue weighted by Gasteiger charge is -2.10. The summed E-state index contributed by atoms with van der Waals surface area (Å²) in [6.07, 6.45) is 0. The second-order valence-electron chi connectivity index (χ2n) is 4.00. The van der Waals surface area contributed by atoms with Gasteiger partial charge in [-0.3, -0.25) is 10.0 Å².